The second kappa shape index (κ2) is 3.70. The molecule has 0 saturated carbocycles. The van der Waals surface area contributed by atoms with E-state index in [1.807, 2.05) is 0 Å². The molecule has 2 rings (SSSR count). The summed E-state index contributed by atoms with van der Waals surface area (Å²) in [5, 5.41) is 0. The van der Waals surface area contributed by atoms with Gasteiger partial charge >= 0.3 is 0 Å². The molecule has 1 aromatic rings. The van der Waals surface area contributed by atoms with Gasteiger partial charge in [0.05, 0.1) is 5.69 Å². The molecule has 0 aromatic heterocycles. The fourth-order valence-electron chi connectivity index (χ4n) is 1.15. The molecule has 13 heavy (non-hydrogen) atoms. The first-order valence-electron chi connectivity index (χ1n) is 3.62. The molecule has 5 heteroatoms. The van der Waals surface area contributed by atoms with Crippen molar-refractivity contribution in [1.29, 1.82) is 0 Å². The smallest absolute Gasteiger partial charge is 0.184 e. The van der Waals surface area contributed by atoms with E-state index in [1.54, 1.807) is 0 Å². The molecule has 0 fully saturated rings. The third kappa shape index (κ3) is 1.78. The summed E-state index contributed by atoms with van der Waals surface area (Å²) >= 11 is 0. The zero-order valence-corrected chi connectivity index (χ0v) is 7.57. The van der Waals surface area contributed by atoms with Crippen LogP contribution in [0.5, 0.6) is 11.5 Å². The summed E-state index contributed by atoms with van der Waals surface area (Å²) in [6, 6.07) is 2.48. The number of halogens is 2. The van der Waals surface area contributed by atoms with Crippen molar-refractivity contribution in [3.8, 4) is 11.5 Å². The third-order valence-electron chi connectivity index (χ3n) is 1.64. The van der Waals surface area contributed by atoms with Crippen LogP contribution < -0.4 is 15.2 Å². The maximum absolute atomic E-state index is 12.7. The number of nitrogens with two attached hydrogens (primary N) is 1. The van der Waals surface area contributed by atoms with Gasteiger partial charge in [-0.3, -0.25) is 0 Å². The Morgan fingerprint density at radius 3 is 2.69 bits per heavy atom. The Bertz CT molecular complexity index is 319. The molecular formula is C8H9ClFNO2. The maximum atomic E-state index is 12.7. The minimum absolute atomic E-state index is 0. The van der Waals surface area contributed by atoms with Crippen LogP contribution in [0, 0.1) is 5.82 Å². The first kappa shape index (κ1) is 9.92. The Kier molecular flexibility index (Phi) is 2.83. The lowest BCUT2D eigenvalue weighted by atomic mass is 10.2. The zero-order valence-electron chi connectivity index (χ0n) is 6.75. The molecule has 1 aliphatic heterocycles. The Morgan fingerprint density at radius 1 is 1.23 bits per heavy atom. The van der Waals surface area contributed by atoms with E-state index < -0.39 is 5.82 Å². The topological polar surface area (TPSA) is 44.5 Å². The van der Waals surface area contributed by atoms with Crippen molar-refractivity contribution in [1.82, 2.24) is 0 Å². The van der Waals surface area contributed by atoms with E-state index >= 15 is 0 Å². The molecule has 0 saturated heterocycles. The van der Waals surface area contributed by atoms with E-state index in [2.05, 4.69) is 0 Å². The van der Waals surface area contributed by atoms with Crippen LogP contribution in [0.4, 0.5) is 10.1 Å². The molecule has 1 aliphatic rings. The predicted molar refractivity (Wildman–Crippen MR) is 49.1 cm³/mol. The molecule has 0 aliphatic carbocycles. The van der Waals surface area contributed by atoms with Gasteiger partial charge in [-0.2, -0.15) is 0 Å². The fourth-order valence-corrected chi connectivity index (χ4v) is 1.15. The number of benzene rings is 1. The fraction of sp³-hybridized carbons (Fsp3) is 0.250. The highest BCUT2D eigenvalue weighted by Crippen LogP contribution is 2.36. The van der Waals surface area contributed by atoms with Gasteiger partial charge in [-0.05, 0) is 0 Å². The highest BCUT2D eigenvalue weighted by molar-refractivity contribution is 5.85. The van der Waals surface area contributed by atoms with E-state index in [0.717, 1.165) is 0 Å². The van der Waals surface area contributed by atoms with Crippen LogP contribution in [0.3, 0.4) is 0 Å². The highest BCUT2D eigenvalue weighted by Gasteiger charge is 2.15. The largest absolute Gasteiger partial charge is 0.486 e. The molecule has 0 atom stereocenters. The monoisotopic (exact) mass is 205 g/mol. The average molecular weight is 206 g/mol. The van der Waals surface area contributed by atoms with E-state index in [4.69, 9.17) is 15.2 Å². The predicted octanol–water partition coefficient (Wildman–Crippen LogP) is 1.60. The standard InChI is InChI=1S/C8H8FNO2.ClH/c9-5-3-6(10)8-7(4-5)11-1-2-12-8;/h3-4H,1-2,10H2;1H. The van der Waals surface area contributed by atoms with Gasteiger partial charge in [-0.15, -0.1) is 12.4 Å². The Labute approximate surface area is 81.0 Å². The van der Waals surface area contributed by atoms with Crippen molar-refractivity contribution in [2.24, 2.45) is 0 Å². The van der Waals surface area contributed by atoms with Crippen LogP contribution in [-0.2, 0) is 0 Å². The summed E-state index contributed by atoms with van der Waals surface area (Å²) in [4.78, 5) is 0. The minimum Gasteiger partial charge on any atom is -0.486 e. The average Bonchev–Trinajstić information content (AvgIpc) is 2.04. The number of fused-ring (bicyclic) bond motifs is 1. The number of nitrogen functional groups attached to an aromatic ring is 1. The van der Waals surface area contributed by atoms with E-state index in [9.17, 15) is 4.39 Å². The van der Waals surface area contributed by atoms with Gasteiger partial charge in [0.15, 0.2) is 11.5 Å². The van der Waals surface area contributed by atoms with Crippen molar-refractivity contribution in [3.05, 3.63) is 17.9 Å². The van der Waals surface area contributed by atoms with Crippen LogP contribution in [0.15, 0.2) is 12.1 Å². The third-order valence-corrected chi connectivity index (χ3v) is 1.64. The van der Waals surface area contributed by atoms with Gasteiger partial charge in [0.2, 0.25) is 0 Å². The quantitative estimate of drug-likeness (QED) is 0.655. The van der Waals surface area contributed by atoms with Gasteiger partial charge in [-0.1, -0.05) is 0 Å². The molecule has 0 spiro atoms. The first-order valence-corrected chi connectivity index (χ1v) is 3.62. The van der Waals surface area contributed by atoms with Gasteiger partial charge in [0.25, 0.3) is 0 Å². The molecule has 2 N–H and O–H groups in total. The second-order valence-corrected chi connectivity index (χ2v) is 2.52. The van der Waals surface area contributed by atoms with Crippen molar-refractivity contribution >= 4 is 18.1 Å². The van der Waals surface area contributed by atoms with Crippen LogP contribution in [0.2, 0.25) is 0 Å². The first-order chi connectivity index (χ1) is 5.77. The van der Waals surface area contributed by atoms with Gasteiger partial charge < -0.3 is 15.2 Å². The van der Waals surface area contributed by atoms with Gasteiger partial charge in [0.1, 0.15) is 19.0 Å². The van der Waals surface area contributed by atoms with Gasteiger partial charge in [0, 0.05) is 12.1 Å². The number of anilines is 1. The Morgan fingerprint density at radius 2 is 1.92 bits per heavy atom. The summed E-state index contributed by atoms with van der Waals surface area (Å²) in [6.45, 7) is 0.902. The molecule has 3 nitrogen and oxygen atoms in total. The normalized spacial score (nSPS) is 13.3. The number of ether oxygens (including phenoxy) is 2. The number of hydrogen-bond donors (Lipinski definition) is 1. The Balaban J connectivity index is 0.000000845. The molecule has 72 valence electrons. The molecule has 1 aromatic carbocycles. The van der Waals surface area contributed by atoms with E-state index in [1.165, 1.54) is 12.1 Å². The van der Waals surface area contributed by atoms with Gasteiger partial charge in [-0.25, -0.2) is 4.39 Å². The van der Waals surface area contributed by atoms with Crippen LogP contribution in [-0.4, -0.2) is 13.2 Å². The lowest BCUT2D eigenvalue weighted by molar-refractivity contribution is 0.172. The summed E-state index contributed by atoms with van der Waals surface area (Å²) in [7, 11) is 0. The van der Waals surface area contributed by atoms with Crippen LogP contribution >= 0.6 is 12.4 Å². The molecular weight excluding hydrogens is 197 g/mol. The maximum Gasteiger partial charge on any atom is 0.184 e. The zero-order chi connectivity index (χ0) is 8.55. The van der Waals surface area contributed by atoms with Crippen molar-refractivity contribution in [3.63, 3.8) is 0 Å². The van der Waals surface area contributed by atoms with Crippen molar-refractivity contribution in [2.75, 3.05) is 18.9 Å². The highest BCUT2D eigenvalue weighted by atomic mass is 35.5. The molecule has 0 radical (unpaired) electrons. The molecule has 0 unspecified atom stereocenters. The van der Waals surface area contributed by atoms with Crippen LogP contribution in [0.25, 0.3) is 0 Å². The summed E-state index contributed by atoms with van der Waals surface area (Å²) in [5.41, 5.74) is 5.78. The SMILES string of the molecule is Cl.Nc1cc(F)cc2c1OCCO2. The van der Waals surface area contributed by atoms with E-state index in [-0.39, 0.29) is 18.1 Å². The molecule has 0 bridgehead atoms. The Hall–Kier alpha value is -1.16. The summed E-state index contributed by atoms with van der Waals surface area (Å²) < 4.78 is 23.1. The molecule has 0 amide bonds. The lowest BCUT2D eigenvalue weighted by Crippen LogP contribution is -2.16. The van der Waals surface area contributed by atoms with Crippen LogP contribution in [0.1, 0.15) is 0 Å². The minimum atomic E-state index is -0.406. The summed E-state index contributed by atoms with van der Waals surface area (Å²) in [5.74, 6) is 0.429. The lowest BCUT2D eigenvalue weighted by Gasteiger charge is -2.19. The van der Waals surface area contributed by atoms with E-state index in [0.29, 0.717) is 24.7 Å². The second-order valence-electron chi connectivity index (χ2n) is 2.52. The number of hydrogen-bond acceptors (Lipinski definition) is 3. The number of rotatable bonds is 0. The van der Waals surface area contributed by atoms with Crippen molar-refractivity contribution < 1.29 is 13.9 Å². The molecule has 1 heterocycles. The van der Waals surface area contributed by atoms with Crippen molar-refractivity contribution in [2.45, 2.75) is 0 Å². The summed E-state index contributed by atoms with van der Waals surface area (Å²) in [6.07, 6.45) is 0.